The van der Waals surface area contributed by atoms with Gasteiger partial charge in [-0.25, -0.2) is 19.3 Å². The van der Waals surface area contributed by atoms with Crippen molar-refractivity contribution >= 4 is 27.8 Å². The fourth-order valence-corrected chi connectivity index (χ4v) is 2.48. The predicted octanol–water partition coefficient (Wildman–Crippen LogP) is 1.48. The van der Waals surface area contributed by atoms with E-state index in [9.17, 15) is 18.0 Å². The number of alkyl halides is 3. The highest BCUT2D eigenvalue weighted by atomic mass is 79.9. The molecule has 11 nitrogen and oxygen atoms in total. The Morgan fingerprint density at radius 3 is 2.55 bits per heavy atom. The number of anilines is 1. The van der Waals surface area contributed by atoms with E-state index < -0.39 is 17.8 Å². The number of ether oxygens (including phenoxy) is 1. The van der Waals surface area contributed by atoms with Gasteiger partial charge in [-0.15, -0.1) is 0 Å². The summed E-state index contributed by atoms with van der Waals surface area (Å²) in [6.45, 7) is -0.467. The van der Waals surface area contributed by atoms with Crippen LogP contribution in [0.3, 0.4) is 0 Å². The number of pyridine rings is 1. The second-order valence-corrected chi connectivity index (χ2v) is 6.39. The molecule has 0 aliphatic carbocycles. The second-order valence-electron chi connectivity index (χ2n) is 5.68. The Kier molecular flexibility index (Phi) is 5.88. The van der Waals surface area contributed by atoms with Crippen LogP contribution in [0.15, 0.2) is 16.9 Å². The van der Waals surface area contributed by atoms with Crippen LogP contribution >= 0.6 is 15.9 Å². The molecule has 0 aromatic carbocycles. The van der Waals surface area contributed by atoms with E-state index in [0.29, 0.717) is 16.6 Å². The molecular weight excluding hydrogens is 463 g/mol. The molecule has 0 unspecified atom stereocenters. The maximum atomic E-state index is 13.0. The second kappa shape index (κ2) is 8.20. The van der Waals surface area contributed by atoms with Gasteiger partial charge in [-0.2, -0.15) is 18.3 Å². The van der Waals surface area contributed by atoms with Crippen molar-refractivity contribution in [3.8, 4) is 0 Å². The van der Waals surface area contributed by atoms with Crippen molar-refractivity contribution in [2.24, 2.45) is 14.1 Å². The SMILES string of the molecule is Cn1nc(COCc2nc(C(F)(F)F)ccc2C(=O)Nc2nnnn2C)nc1Br. The lowest BCUT2D eigenvalue weighted by atomic mass is 10.1. The molecule has 0 fully saturated rings. The van der Waals surface area contributed by atoms with Crippen molar-refractivity contribution in [3.05, 3.63) is 39.6 Å². The van der Waals surface area contributed by atoms with Gasteiger partial charge in [-0.3, -0.25) is 10.1 Å². The molecule has 0 atom stereocenters. The van der Waals surface area contributed by atoms with Gasteiger partial charge in [0.05, 0.1) is 17.9 Å². The summed E-state index contributed by atoms with van der Waals surface area (Å²) in [6, 6.07) is 1.73. The highest BCUT2D eigenvalue weighted by Gasteiger charge is 2.33. The Labute approximate surface area is 169 Å². The lowest BCUT2D eigenvalue weighted by molar-refractivity contribution is -0.141. The summed E-state index contributed by atoms with van der Waals surface area (Å²) in [4.78, 5) is 20.1. The Balaban J connectivity index is 1.81. The summed E-state index contributed by atoms with van der Waals surface area (Å²) in [5.74, 6) is -0.409. The van der Waals surface area contributed by atoms with E-state index in [4.69, 9.17) is 4.74 Å². The van der Waals surface area contributed by atoms with Crippen LogP contribution in [0.4, 0.5) is 19.1 Å². The van der Waals surface area contributed by atoms with E-state index >= 15 is 0 Å². The third kappa shape index (κ3) is 4.92. The Bertz CT molecular complexity index is 1010. The number of hydrogen-bond donors (Lipinski definition) is 1. The number of rotatable bonds is 6. The van der Waals surface area contributed by atoms with Crippen LogP contribution in [0.2, 0.25) is 0 Å². The molecule has 15 heteroatoms. The minimum absolute atomic E-state index is 0.0179. The predicted molar refractivity (Wildman–Crippen MR) is 93.2 cm³/mol. The number of nitrogens with zero attached hydrogens (tertiary/aromatic N) is 8. The van der Waals surface area contributed by atoms with Crippen LogP contribution < -0.4 is 5.32 Å². The van der Waals surface area contributed by atoms with Gasteiger partial charge in [-0.05, 0) is 38.5 Å². The van der Waals surface area contributed by atoms with E-state index in [1.54, 1.807) is 7.05 Å². The van der Waals surface area contributed by atoms with E-state index in [-0.39, 0.29) is 30.4 Å². The Morgan fingerprint density at radius 1 is 1.21 bits per heavy atom. The molecule has 0 aliphatic heterocycles. The average molecular weight is 476 g/mol. The van der Waals surface area contributed by atoms with Crippen molar-refractivity contribution in [1.82, 2.24) is 40.0 Å². The number of aryl methyl sites for hydroxylation is 2. The monoisotopic (exact) mass is 475 g/mol. The van der Waals surface area contributed by atoms with E-state index in [0.717, 1.165) is 6.07 Å². The van der Waals surface area contributed by atoms with Gasteiger partial charge in [0.2, 0.25) is 5.95 Å². The highest BCUT2D eigenvalue weighted by Crippen LogP contribution is 2.28. The summed E-state index contributed by atoms with van der Waals surface area (Å²) in [6.07, 6.45) is -4.68. The lowest BCUT2D eigenvalue weighted by Crippen LogP contribution is -2.20. The molecule has 0 spiro atoms. The lowest BCUT2D eigenvalue weighted by Gasteiger charge is -2.12. The number of halogens is 4. The van der Waals surface area contributed by atoms with Crippen LogP contribution in [0.1, 0.15) is 27.6 Å². The van der Waals surface area contributed by atoms with Gasteiger partial charge >= 0.3 is 6.18 Å². The van der Waals surface area contributed by atoms with Crippen LogP contribution in [0, 0.1) is 0 Å². The molecule has 0 bridgehead atoms. The minimum Gasteiger partial charge on any atom is -0.367 e. The molecule has 3 heterocycles. The zero-order valence-electron chi connectivity index (χ0n) is 15.0. The molecule has 0 aliphatic rings. The van der Waals surface area contributed by atoms with Gasteiger partial charge in [0.1, 0.15) is 12.3 Å². The summed E-state index contributed by atoms with van der Waals surface area (Å²) < 4.78 is 47.6. The molecular formula is C14H13BrF3N9O2. The largest absolute Gasteiger partial charge is 0.433 e. The van der Waals surface area contributed by atoms with Gasteiger partial charge < -0.3 is 4.74 Å². The molecule has 3 rings (SSSR count). The quantitative estimate of drug-likeness (QED) is 0.568. The van der Waals surface area contributed by atoms with E-state index in [1.807, 2.05) is 0 Å². The Morgan fingerprint density at radius 2 is 1.97 bits per heavy atom. The highest BCUT2D eigenvalue weighted by molar-refractivity contribution is 9.10. The van der Waals surface area contributed by atoms with E-state index in [2.05, 4.69) is 51.8 Å². The smallest absolute Gasteiger partial charge is 0.367 e. The molecule has 0 radical (unpaired) electrons. The van der Waals surface area contributed by atoms with E-state index in [1.165, 1.54) is 16.4 Å². The van der Waals surface area contributed by atoms with Crippen molar-refractivity contribution in [2.45, 2.75) is 19.4 Å². The minimum atomic E-state index is -4.68. The maximum Gasteiger partial charge on any atom is 0.433 e. The molecule has 29 heavy (non-hydrogen) atoms. The van der Waals surface area contributed by atoms with Crippen molar-refractivity contribution in [2.75, 3.05) is 5.32 Å². The van der Waals surface area contributed by atoms with Crippen LogP contribution in [-0.2, 0) is 38.2 Å². The molecule has 3 aromatic heterocycles. The third-order valence-corrected chi connectivity index (χ3v) is 4.27. The number of nitrogens with one attached hydrogen (secondary N) is 1. The topological polar surface area (TPSA) is 126 Å². The molecule has 0 saturated heterocycles. The fraction of sp³-hybridized carbons (Fsp3) is 0.357. The summed E-state index contributed by atoms with van der Waals surface area (Å²) in [5.41, 5.74) is -1.47. The standard InChI is InChI=1S/C14H13BrF3N9O2/c1-26-12(15)20-10(23-26)6-29-5-8-7(3-4-9(19-8)14(16,17)18)11(28)21-13-22-24-25-27(13)2/h3-4H,5-6H2,1-2H3,(H,21,22,25,28). The zero-order chi connectivity index (χ0) is 21.2. The number of carbonyl (C=O) groups excluding carboxylic acids is 1. The first kappa shape index (κ1) is 20.8. The number of amides is 1. The molecule has 1 N–H and O–H groups in total. The number of tetrazole rings is 1. The number of aromatic nitrogens is 8. The number of carbonyl (C=O) groups is 1. The van der Waals surface area contributed by atoms with Crippen molar-refractivity contribution in [3.63, 3.8) is 0 Å². The van der Waals surface area contributed by atoms with Crippen LogP contribution in [-0.4, -0.2) is 45.9 Å². The third-order valence-electron chi connectivity index (χ3n) is 3.58. The van der Waals surface area contributed by atoms with Crippen molar-refractivity contribution < 1.29 is 22.7 Å². The zero-order valence-corrected chi connectivity index (χ0v) is 16.6. The van der Waals surface area contributed by atoms with Gasteiger partial charge in [-0.1, -0.05) is 5.10 Å². The molecule has 3 aromatic rings. The van der Waals surface area contributed by atoms with Gasteiger partial charge in [0.25, 0.3) is 5.91 Å². The fourth-order valence-electron chi connectivity index (χ4n) is 2.20. The number of hydrogen-bond acceptors (Lipinski definition) is 8. The molecule has 1 amide bonds. The normalized spacial score (nSPS) is 11.7. The van der Waals surface area contributed by atoms with Gasteiger partial charge in [0, 0.05) is 14.1 Å². The summed E-state index contributed by atoms with van der Waals surface area (Å²) >= 11 is 3.17. The molecule has 0 saturated carbocycles. The Hall–Kier alpha value is -2.94. The van der Waals surface area contributed by atoms with Crippen LogP contribution in [0.25, 0.3) is 0 Å². The van der Waals surface area contributed by atoms with Crippen molar-refractivity contribution in [1.29, 1.82) is 0 Å². The maximum absolute atomic E-state index is 13.0. The summed E-state index contributed by atoms with van der Waals surface area (Å²) in [7, 11) is 3.14. The van der Waals surface area contributed by atoms with Crippen LogP contribution in [0.5, 0.6) is 0 Å². The first-order chi connectivity index (χ1) is 13.6. The first-order valence-corrected chi connectivity index (χ1v) is 8.68. The average Bonchev–Trinajstić information content (AvgIpc) is 3.19. The summed E-state index contributed by atoms with van der Waals surface area (Å²) in [5, 5.41) is 17.0. The first-order valence-electron chi connectivity index (χ1n) is 7.89. The van der Waals surface area contributed by atoms with Gasteiger partial charge in [0.15, 0.2) is 10.6 Å². The molecule has 154 valence electrons.